The van der Waals surface area contributed by atoms with Crippen molar-refractivity contribution < 1.29 is 4.79 Å². The highest BCUT2D eigenvalue weighted by Gasteiger charge is 2.19. The summed E-state index contributed by atoms with van der Waals surface area (Å²) in [5.74, 6) is -0.0979. The largest absolute Gasteiger partial charge is 0.351 e. The van der Waals surface area contributed by atoms with E-state index in [4.69, 9.17) is 5.73 Å². The maximum Gasteiger partial charge on any atom is 0.237 e. The number of hydrogen-bond donors (Lipinski definition) is 2. The molecule has 0 heterocycles. The number of hydrogen-bond acceptors (Lipinski definition) is 3. The Bertz CT molecular complexity index is 751. The number of amides is 1. The van der Waals surface area contributed by atoms with E-state index in [-0.39, 0.29) is 30.7 Å². The highest BCUT2D eigenvalue weighted by atomic mass is 35.5. The molecule has 1 unspecified atom stereocenters. The smallest absolute Gasteiger partial charge is 0.237 e. The van der Waals surface area contributed by atoms with Gasteiger partial charge in [0.25, 0.3) is 0 Å². The topological polar surface area (TPSA) is 58.4 Å². The van der Waals surface area contributed by atoms with Gasteiger partial charge in [-0.2, -0.15) is 0 Å². The summed E-state index contributed by atoms with van der Waals surface area (Å²) < 4.78 is 0. The molecule has 1 amide bonds. The Labute approximate surface area is 193 Å². The number of carbonyl (C=O) groups is 1. The number of carbonyl (C=O) groups excluding carboxylic acids is 1. The Morgan fingerprint density at radius 1 is 1.00 bits per heavy atom. The second kappa shape index (κ2) is 13.7. The molecule has 0 spiro atoms. The summed E-state index contributed by atoms with van der Waals surface area (Å²) in [7, 11) is 2.22. The van der Waals surface area contributed by atoms with Crippen LogP contribution < -0.4 is 11.1 Å². The summed E-state index contributed by atoms with van der Waals surface area (Å²) in [6.07, 6.45) is 7.19. The summed E-state index contributed by atoms with van der Waals surface area (Å²) in [6, 6.07) is 18.5. The van der Waals surface area contributed by atoms with Crippen LogP contribution >= 0.6 is 24.8 Å². The fourth-order valence-electron chi connectivity index (χ4n) is 4.08. The van der Waals surface area contributed by atoms with Crippen molar-refractivity contribution in [2.75, 3.05) is 7.05 Å². The average Bonchev–Trinajstić information content (AvgIpc) is 2.74. The molecule has 0 aromatic heterocycles. The number of halogens is 2. The number of nitrogens with one attached hydrogen (secondary N) is 1. The Kier molecular flexibility index (Phi) is 12.0. The molecular weight excluding hydrogens is 417 g/mol. The van der Waals surface area contributed by atoms with Crippen LogP contribution in [0.5, 0.6) is 0 Å². The molecule has 30 heavy (non-hydrogen) atoms. The van der Waals surface area contributed by atoms with Crippen molar-refractivity contribution in [1.82, 2.24) is 10.2 Å². The van der Waals surface area contributed by atoms with Gasteiger partial charge in [-0.05, 0) is 43.0 Å². The molecule has 1 saturated carbocycles. The lowest BCUT2D eigenvalue weighted by Gasteiger charge is -2.31. The molecule has 1 atom stereocenters. The van der Waals surface area contributed by atoms with Gasteiger partial charge < -0.3 is 11.1 Å². The normalized spacial score (nSPS) is 15.0. The minimum absolute atomic E-state index is 0. The Balaban J connectivity index is 0.00000225. The predicted molar refractivity (Wildman–Crippen MR) is 129 cm³/mol. The standard InChI is InChI=1S/C24H33N3O.2ClH/c1-27(22-14-6-3-7-15-22)18-21-13-9-8-12-20(21)17-26-24(28)23(25)16-19-10-4-2-5-11-19;;/h2,4-5,8-13,22-23H,3,6-7,14-18,25H2,1H3,(H,26,28);2*1H. The molecule has 3 N–H and O–H groups in total. The van der Waals surface area contributed by atoms with E-state index >= 15 is 0 Å². The monoisotopic (exact) mass is 451 g/mol. The fourth-order valence-corrected chi connectivity index (χ4v) is 4.08. The first-order chi connectivity index (χ1) is 13.6. The Morgan fingerprint density at radius 2 is 1.60 bits per heavy atom. The zero-order valence-electron chi connectivity index (χ0n) is 17.8. The number of nitrogens with two attached hydrogens (primary N) is 1. The van der Waals surface area contributed by atoms with Crippen LogP contribution in [0.25, 0.3) is 0 Å². The highest BCUT2D eigenvalue weighted by molar-refractivity contribution is 5.85. The molecule has 166 valence electrons. The van der Waals surface area contributed by atoms with Gasteiger partial charge in [-0.25, -0.2) is 0 Å². The lowest BCUT2D eigenvalue weighted by atomic mass is 9.94. The third-order valence-electron chi connectivity index (χ3n) is 5.82. The van der Waals surface area contributed by atoms with E-state index in [9.17, 15) is 4.79 Å². The minimum Gasteiger partial charge on any atom is -0.351 e. The van der Waals surface area contributed by atoms with Crippen LogP contribution in [0.15, 0.2) is 54.6 Å². The van der Waals surface area contributed by atoms with E-state index < -0.39 is 6.04 Å². The molecular formula is C24H35Cl2N3O. The second-order valence-corrected chi connectivity index (χ2v) is 7.99. The average molecular weight is 452 g/mol. The third kappa shape index (κ3) is 7.92. The van der Waals surface area contributed by atoms with Gasteiger partial charge >= 0.3 is 0 Å². The van der Waals surface area contributed by atoms with Crippen LogP contribution in [0.3, 0.4) is 0 Å². The van der Waals surface area contributed by atoms with Crippen LogP contribution in [0, 0.1) is 0 Å². The van der Waals surface area contributed by atoms with Crippen molar-refractivity contribution in [2.45, 2.75) is 63.7 Å². The van der Waals surface area contributed by atoms with Crippen molar-refractivity contribution in [3.8, 4) is 0 Å². The second-order valence-electron chi connectivity index (χ2n) is 7.99. The van der Waals surface area contributed by atoms with Gasteiger partial charge in [-0.1, -0.05) is 73.9 Å². The van der Waals surface area contributed by atoms with E-state index in [1.807, 2.05) is 36.4 Å². The van der Waals surface area contributed by atoms with E-state index in [0.29, 0.717) is 19.0 Å². The summed E-state index contributed by atoms with van der Waals surface area (Å²) in [4.78, 5) is 14.9. The predicted octanol–water partition coefficient (Wildman–Crippen LogP) is 4.48. The van der Waals surface area contributed by atoms with Gasteiger partial charge in [0.2, 0.25) is 5.91 Å². The molecule has 6 heteroatoms. The van der Waals surface area contributed by atoms with Gasteiger partial charge in [0.1, 0.15) is 0 Å². The lowest BCUT2D eigenvalue weighted by molar-refractivity contribution is -0.122. The zero-order valence-corrected chi connectivity index (χ0v) is 19.4. The molecule has 1 fully saturated rings. The van der Waals surface area contributed by atoms with Crippen molar-refractivity contribution in [3.05, 3.63) is 71.3 Å². The molecule has 0 radical (unpaired) electrons. The van der Waals surface area contributed by atoms with Gasteiger partial charge in [0.05, 0.1) is 6.04 Å². The first-order valence-electron chi connectivity index (χ1n) is 10.5. The van der Waals surface area contributed by atoms with E-state index in [1.54, 1.807) is 0 Å². The number of nitrogens with zero attached hydrogens (tertiary/aromatic N) is 1. The Morgan fingerprint density at radius 3 is 2.27 bits per heavy atom. The quantitative estimate of drug-likeness (QED) is 0.621. The maximum absolute atomic E-state index is 12.5. The summed E-state index contributed by atoms with van der Waals surface area (Å²) in [5, 5.41) is 3.03. The van der Waals surface area contributed by atoms with Crippen molar-refractivity contribution in [3.63, 3.8) is 0 Å². The first-order valence-corrected chi connectivity index (χ1v) is 10.5. The molecule has 1 aliphatic carbocycles. The van der Waals surface area contributed by atoms with Crippen molar-refractivity contribution in [2.24, 2.45) is 5.73 Å². The highest BCUT2D eigenvalue weighted by Crippen LogP contribution is 2.23. The lowest BCUT2D eigenvalue weighted by Crippen LogP contribution is -2.41. The van der Waals surface area contributed by atoms with E-state index in [1.165, 1.54) is 43.2 Å². The van der Waals surface area contributed by atoms with Crippen LogP contribution in [0.2, 0.25) is 0 Å². The van der Waals surface area contributed by atoms with Gasteiger partial charge in [-0.3, -0.25) is 9.69 Å². The van der Waals surface area contributed by atoms with E-state index in [2.05, 4.69) is 35.5 Å². The van der Waals surface area contributed by atoms with Crippen molar-refractivity contribution >= 4 is 30.7 Å². The summed E-state index contributed by atoms with van der Waals surface area (Å²) >= 11 is 0. The number of benzene rings is 2. The zero-order chi connectivity index (χ0) is 19.8. The molecule has 0 bridgehead atoms. The Hall–Kier alpha value is -1.59. The fraction of sp³-hybridized carbons (Fsp3) is 0.458. The van der Waals surface area contributed by atoms with E-state index in [0.717, 1.165) is 12.1 Å². The molecule has 2 aromatic rings. The molecule has 1 aliphatic rings. The molecule has 0 aliphatic heterocycles. The molecule has 2 aromatic carbocycles. The van der Waals surface area contributed by atoms with Crippen LogP contribution in [0.1, 0.15) is 48.8 Å². The van der Waals surface area contributed by atoms with Gasteiger partial charge in [-0.15, -0.1) is 24.8 Å². The molecule has 3 rings (SSSR count). The number of rotatable bonds is 8. The third-order valence-corrected chi connectivity index (χ3v) is 5.82. The van der Waals surface area contributed by atoms with Crippen LogP contribution in [-0.2, 0) is 24.3 Å². The minimum atomic E-state index is -0.528. The SMILES string of the molecule is CN(Cc1ccccc1CNC(=O)C(N)Cc1ccccc1)C1CCCCC1.Cl.Cl. The maximum atomic E-state index is 12.5. The van der Waals surface area contributed by atoms with Crippen LogP contribution in [-0.4, -0.2) is 29.9 Å². The van der Waals surface area contributed by atoms with Gasteiger partial charge in [0, 0.05) is 19.1 Å². The summed E-state index contributed by atoms with van der Waals surface area (Å²) in [6.45, 7) is 1.45. The first kappa shape index (κ1) is 26.4. The van der Waals surface area contributed by atoms with Crippen molar-refractivity contribution in [1.29, 1.82) is 0 Å². The van der Waals surface area contributed by atoms with Crippen LogP contribution in [0.4, 0.5) is 0 Å². The molecule has 0 saturated heterocycles. The summed E-state index contributed by atoms with van der Waals surface area (Å²) in [5.41, 5.74) is 9.65. The molecule has 4 nitrogen and oxygen atoms in total. The van der Waals surface area contributed by atoms with Gasteiger partial charge in [0.15, 0.2) is 0 Å².